The van der Waals surface area contributed by atoms with Crippen molar-refractivity contribution in [2.75, 3.05) is 0 Å². The second-order valence-electron chi connectivity index (χ2n) is 1.52. The minimum atomic E-state index is -0.852. The van der Waals surface area contributed by atoms with Gasteiger partial charge < -0.3 is 0 Å². The van der Waals surface area contributed by atoms with Gasteiger partial charge in [0.15, 0.2) is 0 Å². The third-order valence-electron chi connectivity index (χ3n) is 0.889. The largest absolute Gasteiger partial charge is 0.215 e. The Bertz CT molecular complexity index is 117. The summed E-state index contributed by atoms with van der Waals surface area (Å²) < 4.78 is 10.5. The Morgan fingerprint density at radius 1 is 1.71 bits per heavy atom. The molecule has 0 atom stereocenters. The highest BCUT2D eigenvalue weighted by molar-refractivity contribution is 6.53. The van der Waals surface area contributed by atoms with E-state index in [9.17, 15) is 4.39 Å². The van der Waals surface area contributed by atoms with Gasteiger partial charge in [0.25, 0.3) is 0 Å². The summed E-state index contributed by atoms with van der Waals surface area (Å²) in [4.78, 5) is 0. The maximum atomic E-state index is 11.3. The predicted octanol–water partition coefficient (Wildman–Crippen LogP) is 2.42. The standard InChI is InChI=1S/C4H3Cl2F/c5-4(6)1-3(4)2-7/h2H,1H2/b3-2+. The van der Waals surface area contributed by atoms with Crippen LogP contribution in [0.25, 0.3) is 0 Å². The van der Waals surface area contributed by atoms with Gasteiger partial charge in [-0.05, 0) is 5.57 Å². The maximum Gasteiger partial charge on any atom is 0.145 e. The number of alkyl halides is 2. The molecule has 1 fully saturated rings. The lowest BCUT2D eigenvalue weighted by Crippen LogP contribution is -1.76. The molecule has 1 saturated carbocycles. The van der Waals surface area contributed by atoms with Crippen LogP contribution in [-0.2, 0) is 0 Å². The van der Waals surface area contributed by atoms with Crippen molar-refractivity contribution in [3.63, 3.8) is 0 Å². The SMILES string of the molecule is F/C=C1\CC1(Cl)Cl. The molecule has 0 nitrogen and oxygen atoms in total. The van der Waals surface area contributed by atoms with E-state index in [2.05, 4.69) is 0 Å². The molecule has 0 heterocycles. The fourth-order valence-electron chi connectivity index (χ4n) is 0.313. The van der Waals surface area contributed by atoms with E-state index in [-0.39, 0.29) is 0 Å². The zero-order valence-corrected chi connectivity index (χ0v) is 4.93. The van der Waals surface area contributed by atoms with Gasteiger partial charge in [-0.1, -0.05) is 23.2 Å². The van der Waals surface area contributed by atoms with Crippen LogP contribution in [0.4, 0.5) is 4.39 Å². The van der Waals surface area contributed by atoms with Gasteiger partial charge in [0.05, 0.1) is 6.33 Å². The van der Waals surface area contributed by atoms with E-state index in [0.29, 0.717) is 18.3 Å². The molecule has 0 aromatic carbocycles. The van der Waals surface area contributed by atoms with E-state index >= 15 is 0 Å². The average molecular weight is 141 g/mol. The topological polar surface area (TPSA) is 0 Å². The minimum absolute atomic E-state index is 0.458. The molecule has 0 spiro atoms. The summed E-state index contributed by atoms with van der Waals surface area (Å²) >= 11 is 10.7. The molecule has 0 radical (unpaired) electrons. The molecule has 0 amide bonds. The normalized spacial score (nSPS) is 31.0. The third kappa shape index (κ3) is 0.892. The molecule has 1 rings (SSSR count). The third-order valence-corrected chi connectivity index (χ3v) is 1.64. The Hall–Kier alpha value is 0.250. The van der Waals surface area contributed by atoms with Crippen LogP contribution in [0.3, 0.4) is 0 Å². The molecule has 1 aliphatic rings. The first-order chi connectivity index (χ1) is 3.17. The van der Waals surface area contributed by atoms with Gasteiger partial charge in [-0.3, -0.25) is 0 Å². The van der Waals surface area contributed by atoms with Gasteiger partial charge in [-0.25, -0.2) is 4.39 Å². The Morgan fingerprint density at radius 2 is 2.14 bits per heavy atom. The first kappa shape index (κ1) is 5.39. The van der Waals surface area contributed by atoms with Crippen molar-refractivity contribution < 1.29 is 4.39 Å². The van der Waals surface area contributed by atoms with Crippen molar-refractivity contribution in [3.05, 3.63) is 11.9 Å². The Morgan fingerprint density at radius 3 is 2.14 bits per heavy atom. The molecule has 0 aromatic rings. The fraction of sp³-hybridized carbons (Fsp3) is 0.500. The summed E-state index contributed by atoms with van der Waals surface area (Å²) in [6, 6.07) is 0. The van der Waals surface area contributed by atoms with Crippen molar-refractivity contribution in [2.24, 2.45) is 0 Å². The smallest absolute Gasteiger partial charge is 0.145 e. The molecule has 1 aliphatic carbocycles. The van der Waals surface area contributed by atoms with Gasteiger partial charge >= 0.3 is 0 Å². The highest BCUT2D eigenvalue weighted by Gasteiger charge is 2.45. The van der Waals surface area contributed by atoms with E-state index in [1.54, 1.807) is 0 Å². The van der Waals surface area contributed by atoms with E-state index in [4.69, 9.17) is 23.2 Å². The zero-order valence-electron chi connectivity index (χ0n) is 3.42. The molecule has 0 saturated heterocycles. The lowest BCUT2D eigenvalue weighted by atomic mass is 10.7. The molecule has 0 aliphatic heterocycles. The van der Waals surface area contributed by atoms with Gasteiger partial charge in [-0.2, -0.15) is 0 Å². The van der Waals surface area contributed by atoms with Crippen molar-refractivity contribution >= 4 is 23.2 Å². The number of allylic oxidation sites excluding steroid dienone is 1. The summed E-state index contributed by atoms with van der Waals surface area (Å²) in [5, 5.41) is 0. The number of hydrogen-bond donors (Lipinski definition) is 0. The molecule has 40 valence electrons. The van der Waals surface area contributed by atoms with Crippen molar-refractivity contribution in [2.45, 2.75) is 10.8 Å². The van der Waals surface area contributed by atoms with Crippen molar-refractivity contribution in [1.29, 1.82) is 0 Å². The monoisotopic (exact) mass is 140 g/mol. The van der Waals surface area contributed by atoms with E-state index in [1.165, 1.54) is 0 Å². The van der Waals surface area contributed by atoms with Crippen LogP contribution >= 0.6 is 23.2 Å². The van der Waals surface area contributed by atoms with Crippen molar-refractivity contribution in [1.82, 2.24) is 0 Å². The number of halogens is 3. The molecular formula is C4H3Cl2F. The Balaban J connectivity index is 2.61. The minimum Gasteiger partial charge on any atom is -0.215 e. The van der Waals surface area contributed by atoms with Crippen LogP contribution in [0.15, 0.2) is 11.9 Å². The molecule has 3 heteroatoms. The summed E-state index contributed by atoms with van der Waals surface area (Å²) in [6.45, 7) is 0. The van der Waals surface area contributed by atoms with E-state index in [0.717, 1.165) is 0 Å². The van der Waals surface area contributed by atoms with Crippen LogP contribution in [0, 0.1) is 0 Å². The van der Waals surface area contributed by atoms with Gasteiger partial charge in [-0.15, -0.1) is 0 Å². The fourth-order valence-corrected chi connectivity index (χ4v) is 0.684. The lowest BCUT2D eigenvalue weighted by molar-refractivity contribution is 0.717. The molecule has 0 bridgehead atoms. The van der Waals surface area contributed by atoms with Gasteiger partial charge in [0, 0.05) is 6.42 Å². The predicted molar refractivity (Wildman–Crippen MR) is 28.2 cm³/mol. The van der Waals surface area contributed by atoms with E-state index in [1.807, 2.05) is 0 Å². The summed E-state index contributed by atoms with van der Waals surface area (Å²) in [5.41, 5.74) is 0.482. The van der Waals surface area contributed by atoms with Crippen LogP contribution in [0.1, 0.15) is 6.42 Å². The highest BCUT2D eigenvalue weighted by Crippen LogP contribution is 2.52. The van der Waals surface area contributed by atoms with Crippen LogP contribution < -0.4 is 0 Å². The quantitative estimate of drug-likeness (QED) is 0.454. The van der Waals surface area contributed by atoms with Crippen LogP contribution in [0.2, 0.25) is 0 Å². The summed E-state index contributed by atoms with van der Waals surface area (Å²) in [6.07, 6.45) is 0.937. The average Bonchev–Trinajstić information content (AvgIpc) is 2.13. The van der Waals surface area contributed by atoms with Crippen LogP contribution in [-0.4, -0.2) is 4.33 Å². The molecule has 0 N–H and O–H groups in total. The molecule has 0 aromatic heterocycles. The second-order valence-corrected chi connectivity index (χ2v) is 3.00. The number of hydrogen-bond acceptors (Lipinski definition) is 0. The maximum absolute atomic E-state index is 11.3. The summed E-state index contributed by atoms with van der Waals surface area (Å²) in [7, 11) is 0. The molecule has 0 unspecified atom stereocenters. The molecular weight excluding hydrogens is 138 g/mol. The Kier molecular flexibility index (Phi) is 1.05. The number of rotatable bonds is 0. The first-order valence-corrected chi connectivity index (χ1v) is 2.60. The van der Waals surface area contributed by atoms with Gasteiger partial charge in [0.2, 0.25) is 0 Å². The lowest BCUT2D eigenvalue weighted by Gasteiger charge is -1.81. The highest BCUT2D eigenvalue weighted by atomic mass is 35.5. The molecule has 7 heavy (non-hydrogen) atoms. The zero-order chi connectivity index (χ0) is 5.49. The second kappa shape index (κ2) is 1.36. The van der Waals surface area contributed by atoms with E-state index < -0.39 is 4.33 Å². The summed E-state index contributed by atoms with van der Waals surface area (Å²) in [5.74, 6) is 0. The first-order valence-electron chi connectivity index (χ1n) is 1.84. The van der Waals surface area contributed by atoms with Crippen molar-refractivity contribution in [3.8, 4) is 0 Å². The Labute approximate surface area is 50.9 Å². The van der Waals surface area contributed by atoms with Gasteiger partial charge in [0.1, 0.15) is 4.33 Å². The van der Waals surface area contributed by atoms with Crippen LogP contribution in [0.5, 0.6) is 0 Å².